The average Bonchev–Trinajstić information content (AvgIpc) is 1.54. The number of hydrogen-bond donors (Lipinski definition) is 0. The second-order valence-corrected chi connectivity index (χ2v) is 24.7. The van der Waals surface area contributed by atoms with Gasteiger partial charge in [0.2, 0.25) is 5.79 Å². The maximum absolute atomic E-state index is 13.7. The molecule has 0 radical (unpaired) electrons. The van der Waals surface area contributed by atoms with Gasteiger partial charge in [0.15, 0.2) is 30.0 Å². The molecule has 10 atom stereocenters. The minimum atomic E-state index is -2.18. The van der Waals surface area contributed by atoms with Gasteiger partial charge in [-0.1, -0.05) is 36.4 Å². The van der Waals surface area contributed by atoms with Gasteiger partial charge in [-0.2, -0.15) is 0 Å². The molecular formula is C65H59NO17. The molecule has 6 fully saturated rings. The summed E-state index contributed by atoms with van der Waals surface area (Å²) in [5.41, 5.74) is 5.41. The molecule has 426 valence electrons. The zero-order valence-electron chi connectivity index (χ0n) is 47.0. The quantitative estimate of drug-likeness (QED) is 0.0405. The molecule has 9 aliphatic rings. The number of hydrogen-bond acceptors (Lipinski definition) is 17. The molecule has 6 bridgehead atoms. The lowest BCUT2D eigenvalue weighted by molar-refractivity contribution is -0.467. The molecule has 83 heavy (non-hydrogen) atoms. The first-order chi connectivity index (χ1) is 39.7. The number of esters is 7. The molecule has 0 amide bonds. The summed E-state index contributed by atoms with van der Waals surface area (Å²) >= 11 is 0. The van der Waals surface area contributed by atoms with E-state index in [-0.39, 0.29) is 32.1 Å². The second-order valence-electron chi connectivity index (χ2n) is 24.7. The summed E-state index contributed by atoms with van der Waals surface area (Å²) in [5, 5.41) is 19.1. The number of benzene rings is 7. The number of rotatable bonds is 15. The fraction of sp³-hybridized carbons (Fsp3) is 0.462. The van der Waals surface area contributed by atoms with Crippen molar-refractivity contribution in [3.05, 3.63) is 69.8 Å². The molecule has 1 aromatic heterocycles. The van der Waals surface area contributed by atoms with Crippen molar-refractivity contribution >= 4 is 128 Å². The van der Waals surface area contributed by atoms with Crippen LogP contribution in [0.25, 0.3) is 86.4 Å². The summed E-state index contributed by atoms with van der Waals surface area (Å²) in [6.07, 6.45) is -4.74. The van der Waals surface area contributed by atoms with Crippen molar-refractivity contribution in [3.8, 4) is 0 Å². The van der Waals surface area contributed by atoms with Crippen molar-refractivity contribution in [1.82, 2.24) is 4.57 Å². The van der Waals surface area contributed by atoms with Crippen LogP contribution in [0, 0.1) is 0 Å². The lowest BCUT2D eigenvalue weighted by atomic mass is 9.63. The molecule has 2 saturated carbocycles. The van der Waals surface area contributed by atoms with Gasteiger partial charge in [0.05, 0.1) is 11.0 Å². The maximum Gasteiger partial charge on any atom is 0.303 e. The molecule has 4 unspecified atom stereocenters. The molecular weight excluding hydrogens is 1070 g/mol. The molecule has 5 aliphatic heterocycles. The van der Waals surface area contributed by atoms with E-state index in [4.69, 9.17) is 47.4 Å². The highest BCUT2D eigenvalue weighted by atomic mass is 16.8. The van der Waals surface area contributed by atoms with Crippen LogP contribution >= 0.6 is 0 Å². The normalized spacial score (nSPS) is 29.0. The Labute approximate surface area is 473 Å². The van der Waals surface area contributed by atoms with Crippen LogP contribution in [-0.4, -0.2) is 119 Å². The molecule has 0 spiro atoms. The topological polar surface area (TPSA) is 217 Å². The zero-order chi connectivity index (χ0) is 57.3. The van der Waals surface area contributed by atoms with Gasteiger partial charge in [0.25, 0.3) is 0 Å². The SMILES string of the molecule is CC(=O)OC[C@@H]1O[C@]2(CCCn3c4c5cc6c7c8c(cc9ccc%10cc%11c%12c%13c(cc(c3c%13c(c3c8c9c%10c%123)c74)CC5)C%11)C6)CCC1(O[C@@]13CCC(OC(C)=O)(C(OC(C)=O)[C@@H]1OC(C)=O)[C@H](COC(C)=O)O3)C(OC(C)=O)[C@@H]2OC(C)=O. The summed E-state index contributed by atoms with van der Waals surface area (Å²) in [4.78, 5) is 92.1. The van der Waals surface area contributed by atoms with Crippen molar-refractivity contribution in [2.45, 2.75) is 178 Å². The van der Waals surface area contributed by atoms with Crippen LogP contribution in [0.3, 0.4) is 0 Å². The van der Waals surface area contributed by atoms with Crippen molar-refractivity contribution in [2.75, 3.05) is 13.2 Å². The Balaban J connectivity index is 0.837. The van der Waals surface area contributed by atoms with E-state index >= 15 is 0 Å². The average molecular weight is 1130 g/mol. The van der Waals surface area contributed by atoms with E-state index in [1.165, 1.54) is 148 Å². The first-order valence-corrected chi connectivity index (χ1v) is 29.0. The Hall–Kier alpha value is -7.67. The molecule has 18 nitrogen and oxygen atoms in total. The Bertz CT molecular complexity index is 4250. The summed E-state index contributed by atoms with van der Waals surface area (Å²) in [5.74, 6) is -7.50. The Morgan fingerprint density at radius 1 is 0.470 bits per heavy atom. The van der Waals surface area contributed by atoms with Crippen LogP contribution in [0.1, 0.15) is 120 Å². The number of aryl methyl sites for hydroxylation is 3. The molecule has 18 rings (SSSR count). The van der Waals surface area contributed by atoms with Crippen molar-refractivity contribution in [3.63, 3.8) is 0 Å². The van der Waals surface area contributed by atoms with Crippen LogP contribution in [0.5, 0.6) is 0 Å². The first-order valence-electron chi connectivity index (χ1n) is 29.0. The highest BCUT2D eigenvalue weighted by molar-refractivity contribution is 6.55. The predicted molar refractivity (Wildman–Crippen MR) is 299 cm³/mol. The van der Waals surface area contributed by atoms with Gasteiger partial charge in [-0.15, -0.1) is 0 Å². The highest BCUT2D eigenvalue weighted by Gasteiger charge is 2.78. The van der Waals surface area contributed by atoms with Crippen LogP contribution < -0.4 is 0 Å². The summed E-state index contributed by atoms with van der Waals surface area (Å²) in [7, 11) is 0. The number of aromatic nitrogens is 1. The molecule has 4 saturated heterocycles. The van der Waals surface area contributed by atoms with Crippen LogP contribution in [0.2, 0.25) is 0 Å². The van der Waals surface area contributed by atoms with Gasteiger partial charge >= 0.3 is 41.8 Å². The molecule has 4 aliphatic carbocycles. The lowest BCUT2D eigenvalue weighted by Gasteiger charge is -2.67. The van der Waals surface area contributed by atoms with Gasteiger partial charge in [-0.05, 0) is 145 Å². The third-order valence-corrected chi connectivity index (χ3v) is 20.0. The van der Waals surface area contributed by atoms with E-state index in [1.807, 2.05) is 0 Å². The van der Waals surface area contributed by atoms with E-state index in [0.29, 0.717) is 13.0 Å². The Kier molecular flexibility index (Phi) is 10.4. The van der Waals surface area contributed by atoms with Crippen LogP contribution in [0.15, 0.2) is 36.4 Å². The van der Waals surface area contributed by atoms with Crippen molar-refractivity contribution in [1.29, 1.82) is 0 Å². The number of ether oxygens (including phenoxy) is 10. The Morgan fingerprint density at radius 3 is 1.46 bits per heavy atom. The Morgan fingerprint density at radius 2 is 0.928 bits per heavy atom. The second kappa shape index (κ2) is 17.0. The number of carbonyl (C=O) groups excluding carboxylic acids is 7. The predicted octanol–water partition coefficient (Wildman–Crippen LogP) is 8.88. The van der Waals surface area contributed by atoms with Gasteiger partial charge in [-0.25, -0.2) is 0 Å². The van der Waals surface area contributed by atoms with Crippen molar-refractivity contribution < 1.29 is 80.9 Å². The summed E-state index contributed by atoms with van der Waals surface area (Å²) < 4.78 is 66.2. The smallest absolute Gasteiger partial charge is 0.303 e. The number of fused-ring (bicyclic) bond motifs is 6. The number of pyridine rings is 1. The van der Waals surface area contributed by atoms with E-state index in [1.54, 1.807) is 0 Å². The van der Waals surface area contributed by atoms with Gasteiger partial charge in [0.1, 0.15) is 36.6 Å². The van der Waals surface area contributed by atoms with Gasteiger partial charge in [-0.3, -0.25) is 33.6 Å². The van der Waals surface area contributed by atoms with Crippen LogP contribution in [-0.2, 0) is 113 Å². The van der Waals surface area contributed by atoms with E-state index < -0.39 is 114 Å². The number of nitrogens with zero attached hydrogens (tertiary/aromatic N) is 1. The standard InChI is InChI=1S/C65H59NO17/c1-27(67)74-25-42-63(80-33(7)73)16-17-65(82-42,61(79-32(6)72)60(63)78-31(5)71)83-64-15-14-62(81-43(64)26-75-28(2)68,58(76-29(3)69)59(64)77-30(4)70)13-8-18-66-56-36-11-12-37-22-41-24-39-20-35-10-9-34-19-38-23-40(21-36)48-46(38)50-44(34)45(35)51-47(39)49(41)55(57(37)66)53(52(50)51)54(48)56/h9-10,19-22,42-43,58-61H,8,11-18,23-26H2,1-7H3/t42-,43-,58-,59?,60?,61-,62+,63?,64?,65-/m0/s1. The number of carbonyl (C=O) groups is 7. The summed E-state index contributed by atoms with van der Waals surface area (Å²) in [6, 6.07) is 14.5. The van der Waals surface area contributed by atoms with Gasteiger partial charge < -0.3 is 51.9 Å². The monoisotopic (exact) mass is 1130 g/mol. The summed E-state index contributed by atoms with van der Waals surface area (Å²) in [6.45, 7) is 7.86. The molecule has 9 aromatic rings. The fourth-order valence-corrected chi connectivity index (χ4v) is 17.6. The minimum absolute atomic E-state index is 0.0137. The van der Waals surface area contributed by atoms with Gasteiger partial charge in [0, 0.05) is 83.0 Å². The van der Waals surface area contributed by atoms with E-state index in [2.05, 4.69) is 41.0 Å². The molecule has 6 heterocycles. The van der Waals surface area contributed by atoms with E-state index in [0.717, 1.165) is 46.5 Å². The minimum Gasteiger partial charge on any atom is -0.463 e. The zero-order valence-corrected chi connectivity index (χ0v) is 47.0. The third-order valence-electron chi connectivity index (χ3n) is 20.0. The third kappa shape index (κ3) is 6.62. The largest absolute Gasteiger partial charge is 0.463 e. The van der Waals surface area contributed by atoms with Crippen molar-refractivity contribution in [2.24, 2.45) is 0 Å². The fourth-order valence-electron chi connectivity index (χ4n) is 17.6. The molecule has 0 N–H and O–H groups in total. The first kappa shape index (κ1) is 51.0. The lowest BCUT2D eigenvalue weighted by Crippen LogP contribution is -2.83. The van der Waals surface area contributed by atoms with Crippen LogP contribution in [0.4, 0.5) is 0 Å². The highest BCUT2D eigenvalue weighted by Crippen LogP contribution is 2.63. The molecule has 18 heteroatoms. The molecule has 8 aromatic carbocycles. The maximum atomic E-state index is 13.7. The van der Waals surface area contributed by atoms with E-state index in [9.17, 15) is 33.6 Å².